The van der Waals surface area contributed by atoms with Crippen molar-refractivity contribution in [3.05, 3.63) is 6.42 Å². The van der Waals surface area contributed by atoms with E-state index in [1.807, 2.05) is 0 Å². The minimum Gasteiger partial charge on any atom is -0.0891 e. The minimum absolute atomic E-state index is 0.933. The molecule has 0 spiro atoms. The van der Waals surface area contributed by atoms with Gasteiger partial charge in [0.1, 0.15) is 0 Å². The third-order valence-corrected chi connectivity index (χ3v) is 2.81. The highest BCUT2D eigenvalue weighted by Crippen LogP contribution is 2.10. The van der Waals surface area contributed by atoms with Gasteiger partial charge in [0.2, 0.25) is 0 Å². The SMILES string of the molecule is [C]#CC#CCCCCCCCCCCCC. The molecule has 0 N–H and O–H groups in total. The quantitative estimate of drug-likeness (QED) is 0.361. The summed E-state index contributed by atoms with van der Waals surface area (Å²) in [6.07, 6.45) is 21.2. The van der Waals surface area contributed by atoms with Crippen molar-refractivity contribution in [2.75, 3.05) is 0 Å². The average molecular weight is 217 g/mol. The molecule has 0 aromatic heterocycles. The van der Waals surface area contributed by atoms with Gasteiger partial charge >= 0.3 is 0 Å². The van der Waals surface area contributed by atoms with Crippen LogP contribution in [0.15, 0.2) is 0 Å². The van der Waals surface area contributed by atoms with E-state index in [-0.39, 0.29) is 0 Å². The number of hydrogen-bond donors (Lipinski definition) is 0. The van der Waals surface area contributed by atoms with Gasteiger partial charge in [0.25, 0.3) is 0 Å². The van der Waals surface area contributed by atoms with Gasteiger partial charge in [-0.1, -0.05) is 70.6 Å². The van der Waals surface area contributed by atoms with E-state index in [1.54, 1.807) is 0 Å². The van der Waals surface area contributed by atoms with Gasteiger partial charge in [-0.15, -0.1) is 0 Å². The lowest BCUT2D eigenvalue weighted by Crippen LogP contribution is -1.81. The molecule has 0 heteroatoms. The van der Waals surface area contributed by atoms with Crippen molar-refractivity contribution in [1.29, 1.82) is 0 Å². The van der Waals surface area contributed by atoms with E-state index in [4.69, 9.17) is 6.42 Å². The topological polar surface area (TPSA) is 0 Å². The molecule has 0 bridgehead atoms. The molecule has 16 heavy (non-hydrogen) atoms. The van der Waals surface area contributed by atoms with Crippen molar-refractivity contribution < 1.29 is 0 Å². The molecule has 0 fully saturated rings. The normalized spacial score (nSPS) is 9.25. The van der Waals surface area contributed by atoms with Gasteiger partial charge < -0.3 is 0 Å². The number of rotatable bonds is 10. The van der Waals surface area contributed by atoms with Crippen LogP contribution >= 0.6 is 0 Å². The van der Waals surface area contributed by atoms with Crippen LogP contribution in [0.25, 0.3) is 0 Å². The highest BCUT2D eigenvalue weighted by Gasteiger charge is 1.91. The third-order valence-electron chi connectivity index (χ3n) is 2.81. The second-order valence-electron chi connectivity index (χ2n) is 4.36. The molecular weight excluding hydrogens is 192 g/mol. The van der Waals surface area contributed by atoms with E-state index >= 15 is 0 Å². The number of unbranched alkanes of at least 4 members (excludes halogenated alkanes) is 10. The fourth-order valence-electron chi connectivity index (χ4n) is 1.81. The van der Waals surface area contributed by atoms with Crippen LogP contribution in [0.2, 0.25) is 0 Å². The summed E-state index contributed by atoms with van der Waals surface area (Å²) in [7, 11) is 0. The molecule has 0 unspecified atom stereocenters. The molecule has 89 valence electrons. The van der Waals surface area contributed by atoms with E-state index in [0.29, 0.717) is 0 Å². The van der Waals surface area contributed by atoms with Crippen molar-refractivity contribution in [1.82, 2.24) is 0 Å². The van der Waals surface area contributed by atoms with Crippen LogP contribution in [0.4, 0.5) is 0 Å². The Morgan fingerprint density at radius 1 is 0.750 bits per heavy atom. The van der Waals surface area contributed by atoms with Gasteiger partial charge in [-0.05, 0) is 24.7 Å². The van der Waals surface area contributed by atoms with Crippen molar-refractivity contribution in [3.63, 3.8) is 0 Å². The molecule has 0 aliphatic carbocycles. The predicted molar refractivity (Wildman–Crippen MR) is 71.4 cm³/mol. The Morgan fingerprint density at radius 2 is 1.25 bits per heavy atom. The summed E-state index contributed by atoms with van der Waals surface area (Å²) in [5, 5.41) is 0. The standard InChI is InChI=1S/C16H25/c1-3-5-7-9-11-13-15-16-14-12-10-8-6-4-2/h3,5,7,9-16H2,1H3. The second-order valence-corrected chi connectivity index (χ2v) is 4.36. The lowest BCUT2D eigenvalue weighted by atomic mass is 10.1. The first-order chi connectivity index (χ1) is 7.91. The van der Waals surface area contributed by atoms with E-state index in [9.17, 15) is 0 Å². The van der Waals surface area contributed by atoms with Crippen molar-refractivity contribution >= 4 is 0 Å². The minimum atomic E-state index is 0.933. The molecule has 0 saturated heterocycles. The highest BCUT2D eigenvalue weighted by molar-refractivity contribution is 5.18. The molecule has 0 aliphatic rings. The Labute approximate surface area is 102 Å². The molecule has 0 atom stereocenters. The van der Waals surface area contributed by atoms with Gasteiger partial charge in [0.05, 0.1) is 0 Å². The average Bonchev–Trinajstić information content (AvgIpc) is 2.31. The first-order valence-corrected chi connectivity index (χ1v) is 6.81. The van der Waals surface area contributed by atoms with Gasteiger partial charge in [-0.2, -0.15) is 0 Å². The van der Waals surface area contributed by atoms with Gasteiger partial charge in [0.15, 0.2) is 0 Å². The maximum absolute atomic E-state index is 6.62. The summed E-state index contributed by atoms with van der Waals surface area (Å²) in [6.45, 7) is 2.26. The summed E-state index contributed by atoms with van der Waals surface area (Å²) in [6, 6.07) is 0. The predicted octanol–water partition coefficient (Wildman–Crippen LogP) is 4.89. The zero-order chi connectivity index (χ0) is 11.9. The van der Waals surface area contributed by atoms with Crippen LogP contribution in [0.5, 0.6) is 0 Å². The molecule has 0 heterocycles. The van der Waals surface area contributed by atoms with Crippen molar-refractivity contribution in [3.8, 4) is 17.8 Å². The van der Waals surface area contributed by atoms with E-state index in [2.05, 4.69) is 24.7 Å². The molecule has 0 nitrogen and oxygen atoms in total. The van der Waals surface area contributed by atoms with Crippen LogP contribution in [0.1, 0.15) is 77.6 Å². The maximum Gasteiger partial charge on any atom is 0.00989 e. The Bertz CT molecular complexity index is 221. The van der Waals surface area contributed by atoms with Crippen LogP contribution in [0, 0.1) is 24.2 Å². The summed E-state index contributed by atoms with van der Waals surface area (Å²) >= 11 is 0. The Balaban J connectivity index is 2.96. The smallest absolute Gasteiger partial charge is 0.00989 e. The van der Waals surface area contributed by atoms with E-state index < -0.39 is 0 Å². The fraction of sp³-hybridized carbons (Fsp3) is 0.750. The molecule has 0 aliphatic heterocycles. The Kier molecular flexibility index (Phi) is 13.3. The van der Waals surface area contributed by atoms with Gasteiger partial charge in [-0.25, -0.2) is 0 Å². The van der Waals surface area contributed by atoms with Crippen molar-refractivity contribution in [2.45, 2.75) is 77.6 Å². The third kappa shape index (κ3) is 13.1. The molecule has 0 aromatic rings. The first-order valence-electron chi connectivity index (χ1n) is 6.81. The molecular formula is C16H25. The Hall–Kier alpha value is -0.880. The molecule has 0 saturated carbocycles. The summed E-state index contributed by atoms with van der Waals surface area (Å²) in [5.74, 6) is 7.55. The zero-order valence-electron chi connectivity index (χ0n) is 10.8. The second kappa shape index (κ2) is 14.1. The number of hydrogen-bond acceptors (Lipinski definition) is 0. The van der Waals surface area contributed by atoms with E-state index in [1.165, 1.54) is 64.2 Å². The lowest BCUT2D eigenvalue weighted by Gasteiger charge is -2.00. The van der Waals surface area contributed by atoms with Crippen LogP contribution in [-0.4, -0.2) is 0 Å². The summed E-state index contributed by atoms with van der Waals surface area (Å²) in [5.41, 5.74) is 0. The largest absolute Gasteiger partial charge is 0.0891 e. The first kappa shape index (κ1) is 15.1. The van der Waals surface area contributed by atoms with Gasteiger partial charge in [0, 0.05) is 6.42 Å². The lowest BCUT2D eigenvalue weighted by molar-refractivity contribution is 0.558. The fourth-order valence-corrected chi connectivity index (χ4v) is 1.81. The molecule has 0 amide bonds. The molecule has 0 rings (SSSR count). The van der Waals surface area contributed by atoms with Crippen LogP contribution in [0.3, 0.4) is 0 Å². The molecule has 0 aromatic carbocycles. The monoisotopic (exact) mass is 217 g/mol. The van der Waals surface area contributed by atoms with Crippen molar-refractivity contribution in [2.24, 2.45) is 0 Å². The van der Waals surface area contributed by atoms with E-state index in [0.717, 1.165) is 6.42 Å². The Morgan fingerprint density at radius 3 is 1.75 bits per heavy atom. The zero-order valence-corrected chi connectivity index (χ0v) is 10.8. The van der Waals surface area contributed by atoms with Crippen LogP contribution in [-0.2, 0) is 0 Å². The van der Waals surface area contributed by atoms with Gasteiger partial charge in [-0.3, -0.25) is 0 Å². The molecule has 1 radical (unpaired) electrons. The highest BCUT2D eigenvalue weighted by atomic mass is 14.0. The summed E-state index contributed by atoms with van der Waals surface area (Å²) < 4.78 is 0. The van der Waals surface area contributed by atoms with Crippen LogP contribution < -0.4 is 0 Å². The maximum atomic E-state index is 6.62. The summed E-state index contributed by atoms with van der Waals surface area (Å²) in [4.78, 5) is 0.